The minimum Gasteiger partial charge on any atom is -0.390 e. The average molecular weight is 301 g/mol. The molecule has 0 saturated heterocycles. The van der Waals surface area contributed by atoms with Crippen LogP contribution in [0.5, 0.6) is 0 Å². The van der Waals surface area contributed by atoms with Crippen molar-refractivity contribution in [3.05, 3.63) is 34.4 Å². The van der Waals surface area contributed by atoms with Crippen molar-refractivity contribution in [2.24, 2.45) is 0 Å². The summed E-state index contributed by atoms with van der Waals surface area (Å²) in [5.74, 6) is 0.338. The van der Waals surface area contributed by atoms with Gasteiger partial charge in [-0.25, -0.2) is 0 Å². The fourth-order valence-electron chi connectivity index (χ4n) is 1.52. The molecular formula is C13H19NO5S. The SMILES string of the molecule is COCC(C)OCC(O)CSc1ccccc1[N+](=O)[O-]. The molecule has 1 aromatic carbocycles. The number of ether oxygens (including phenoxy) is 2. The summed E-state index contributed by atoms with van der Waals surface area (Å²) in [7, 11) is 1.58. The van der Waals surface area contributed by atoms with Crippen molar-refractivity contribution in [2.45, 2.75) is 24.0 Å². The maximum Gasteiger partial charge on any atom is 0.282 e. The predicted octanol–water partition coefficient (Wildman–Crippen LogP) is 2.10. The molecule has 1 rings (SSSR count). The molecule has 0 heterocycles. The largest absolute Gasteiger partial charge is 0.390 e. The molecule has 1 N–H and O–H groups in total. The van der Waals surface area contributed by atoms with Crippen LogP contribution in [-0.2, 0) is 9.47 Å². The first-order chi connectivity index (χ1) is 9.54. The lowest BCUT2D eigenvalue weighted by Gasteiger charge is -2.15. The van der Waals surface area contributed by atoms with Gasteiger partial charge in [-0.1, -0.05) is 12.1 Å². The van der Waals surface area contributed by atoms with E-state index in [1.165, 1.54) is 17.8 Å². The molecule has 2 unspecified atom stereocenters. The van der Waals surface area contributed by atoms with Gasteiger partial charge in [-0.3, -0.25) is 10.1 Å². The quantitative estimate of drug-likeness (QED) is 0.427. The van der Waals surface area contributed by atoms with Crippen molar-refractivity contribution in [3.8, 4) is 0 Å². The zero-order valence-corrected chi connectivity index (χ0v) is 12.3. The molecular weight excluding hydrogens is 282 g/mol. The van der Waals surface area contributed by atoms with Gasteiger partial charge in [0.05, 0.1) is 35.2 Å². The summed E-state index contributed by atoms with van der Waals surface area (Å²) < 4.78 is 10.3. The Kier molecular flexibility index (Phi) is 7.53. The molecule has 112 valence electrons. The Hall–Kier alpha value is -1.15. The number of thioether (sulfide) groups is 1. The van der Waals surface area contributed by atoms with E-state index in [0.717, 1.165) is 0 Å². The molecule has 0 aliphatic carbocycles. The predicted molar refractivity (Wildman–Crippen MR) is 77.1 cm³/mol. The number of nitro groups is 1. The normalized spacial score (nSPS) is 13.9. The van der Waals surface area contributed by atoms with Gasteiger partial charge in [0.15, 0.2) is 0 Å². The number of nitrogens with zero attached hydrogens (tertiary/aromatic N) is 1. The van der Waals surface area contributed by atoms with Gasteiger partial charge in [0.25, 0.3) is 5.69 Å². The summed E-state index contributed by atoms with van der Waals surface area (Å²) in [6.07, 6.45) is -0.773. The van der Waals surface area contributed by atoms with Crippen LogP contribution in [0.15, 0.2) is 29.2 Å². The first kappa shape index (κ1) is 16.9. The summed E-state index contributed by atoms with van der Waals surface area (Å²) >= 11 is 1.25. The number of aliphatic hydroxyl groups excluding tert-OH is 1. The minimum absolute atomic E-state index is 0.0540. The maximum atomic E-state index is 10.8. The molecule has 0 fully saturated rings. The van der Waals surface area contributed by atoms with Crippen LogP contribution in [0.2, 0.25) is 0 Å². The van der Waals surface area contributed by atoms with Crippen LogP contribution in [0, 0.1) is 10.1 Å². The Labute approximate surface area is 122 Å². The number of rotatable bonds is 9. The second-order valence-corrected chi connectivity index (χ2v) is 5.35. The van der Waals surface area contributed by atoms with Crippen LogP contribution in [-0.4, -0.2) is 48.3 Å². The number of para-hydroxylation sites is 1. The second kappa shape index (κ2) is 8.91. The van der Waals surface area contributed by atoms with E-state index < -0.39 is 11.0 Å². The van der Waals surface area contributed by atoms with E-state index in [0.29, 0.717) is 17.3 Å². The second-order valence-electron chi connectivity index (χ2n) is 4.29. The maximum absolute atomic E-state index is 10.8. The first-order valence-corrected chi connectivity index (χ1v) is 7.18. The summed E-state index contributed by atoms with van der Waals surface area (Å²) in [6.45, 7) is 2.49. The van der Waals surface area contributed by atoms with E-state index in [2.05, 4.69) is 0 Å². The zero-order valence-electron chi connectivity index (χ0n) is 11.5. The summed E-state index contributed by atoms with van der Waals surface area (Å²) in [4.78, 5) is 11.0. The molecule has 0 aliphatic rings. The van der Waals surface area contributed by atoms with Crippen LogP contribution in [0.4, 0.5) is 5.69 Å². The third-order valence-electron chi connectivity index (χ3n) is 2.47. The van der Waals surface area contributed by atoms with Crippen molar-refractivity contribution in [1.29, 1.82) is 0 Å². The number of nitro benzene ring substituents is 1. The van der Waals surface area contributed by atoms with Crippen molar-refractivity contribution in [1.82, 2.24) is 0 Å². The van der Waals surface area contributed by atoms with Gasteiger partial charge < -0.3 is 14.6 Å². The fraction of sp³-hybridized carbons (Fsp3) is 0.538. The number of hydrogen-bond donors (Lipinski definition) is 1. The van der Waals surface area contributed by atoms with Gasteiger partial charge in [-0.05, 0) is 13.0 Å². The molecule has 0 spiro atoms. The number of methoxy groups -OCH3 is 1. The van der Waals surface area contributed by atoms with Gasteiger partial charge in [0.2, 0.25) is 0 Å². The average Bonchev–Trinajstić information content (AvgIpc) is 2.43. The van der Waals surface area contributed by atoms with Crippen LogP contribution in [0.3, 0.4) is 0 Å². The number of hydrogen-bond acceptors (Lipinski definition) is 6. The Morgan fingerprint density at radius 1 is 1.40 bits per heavy atom. The van der Waals surface area contributed by atoms with Crippen molar-refractivity contribution < 1.29 is 19.5 Å². The minimum atomic E-state index is -0.681. The van der Waals surface area contributed by atoms with Gasteiger partial charge in [0, 0.05) is 18.9 Å². The van der Waals surface area contributed by atoms with E-state index in [9.17, 15) is 15.2 Å². The van der Waals surface area contributed by atoms with Crippen LogP contribution < -0.4 is 0 Å². The third-order valence-corrected chi connectivity index (χ3v) is 3.68. The van der Waals surface area contributed by atoms with Gasteiger partial charge in [-0.15, -0.1) is 11.8 Å². The van der Waals surface area contributed by atoms with E-state index in [-0.39, 0.29) is 18.4 Å². The van der Waals surface area contributed by atoms with Crippen molar-refractivity contribution in [3.63, 3.8) is 0 Å². The van der Waals surface area contributed by atoms with Gasteiger partial charge in [0.1, 0.15) is 0 Å². The van der Waals surface area contributed by atoms with Crippen LogP contribution in [0.1, 0.15) is 6.92 Å². The Bertz CT molecular complexity index is 429. The first-order valence-electron chi connectivity index (χ1n) is 6.19. The molecule has 7 heteroatoms. The lowest BCUT2D eigenvalue weighted by Crippen LogP contribution is -2.24. The Morgan fingerprint density at radius 3 is 2.75 bits per heavy atom. The molecule has 0 bridgehead atoms. The van der Waals surface area contributed by atoms with Crippen molar-refractivity contribution in [2.75, 3.05) is 26.1 Å². The summed E-state index contributed by atoms with van der Waals surface area (Å²) in [5, 5.41) is 20.6. The highest BCUT2D eigenvalue weighted by Gasteiger charge is 2.15. The van der Waals surface area contributed by atoms with E-state index in [1.54, 1.807) is 25.3 Å². The highest BCUT2D eigenvalue weighted by molar-refractivity contribution is 7.99. The van der Waals surface area contributed by atoms with Crippen LogP contribution >= 0.6 is 11.8 Å². The monoisotopic (exact) mass is 301 g/mol. The molecule has 2 atom stereocenters. The van der Waals surface area contributed by atoms with Crippen molar-refractivity contribution >= 4 is 17.4 Å². The number of benzene rings is 1. The zero-order chi connectivity index (χ0) is 15.0. The highest BCUT2D eigenvalue weighted by Crippen LogP contribution is 2.28. The molecule has 0 radical (unpaired) electrons. The molecule has 0 amide bonds. The third kappa shape index (κ3) is 5.87. The number of aliphatic hydroxyl groups is 1. The molecule has 20 heavy (non-hydrogen) atoms. The van der Waals surface area contributed by atoms with E-state index in [1.807, 2.05) is 6.92 Å². The molecule has 0 aromatic heterocycles. The topological polar surface area (TPSA) is 81.8 Å². The van der Waals surface area contributed by atoms with Gasteiger partial charge >= 0.3 is 0 Å². The Morgan fingerprint density at radius 2 is 2.10 bits per heavy atom. The fourth-order valence-corrected chi connectivity index (χ4v) is 2.46. The smallest absolute Gasteiger partial charge is 0.282 e. The Balaban J connectivity index is 2.41. The molecule has 1 aromatic rings. The molecule has 0 saturated carbocycles. The van der Waals surface area contributed by atoms with E-state index in [4.69, 9.17) is 9.47 Å². The summed E-state index contributed by atoms with van der Waals surface area (Å²) in [6, 6.07) is 6.48. The van der Waals surface area contributed by atoms with Crippen LogP contribution in [0.25, 0.3) is 0 Å². The standard InChI is InChI=1S/C13H19NO5S/c1-10(7-18-2)19-8-11(15)9-20-13-6-4-3-5-12(13)14(16)17/h3-6,10-11,15H,7-9H2,1-2H3. The lowest BCUT2D eigenvalue weighted by atomic mass is 10.3. The lowest BCUT2D eigenvalue weighted by molar-refractivity contribution is -0.387. The summed E-state index contributed by atoms with van der Waals surface area (Å²) in [5.41, 5.74) is 0.0540. The highest BCUT2D eigenvalue weighted by atomic mass is 32.2. The molecule has 6 nitrogen and oxygen atoms in total. The molecule has 0 aliphatic heterocycles. The van der Waals surface area contributed by atoms with Gasteiger partial charge in [-0.2, -0.15) is 0 Å². The van der Waals surface area contributed by atoms with E-state index >= 15 is 0 Å².